The predicted octanol–water partition coefficient (Wildman–Crippen LogP) is 2.74. The van der Waals surface area contributed by atoms with Crippen LogP contribution in [0.15, 0.2) is 24.3 Å². The lowest BCUT2D eigenvalue weighted by Gasteiger charge is -2.12. The maximum atomic E-state index is 9.16. The van der Waals surface area contributed by atoms with Gasteiger partial charge in [-0.2, -0.15) is 0 Å². The molecule has 1 aromatic carbocycles. The average Bonchev–Trinajstić information content (AvgIpc) is 2.02. The SMILES string of the molecule is OP(=S)(S)Oc1ccccc1OCl. The monoisotopic (exact) mass is 256 g/mol. The van der Waals surface area contributed by atoms with Gasteiger partial charge < -0.3 is 13.7 Å². The minimum atomic E-state index is -3.04. The number of hydrogen-bond donors (Lipinski definition) is 2. The molecule has 7 heteroatoms. The third-order valence-electron chi connectivity index (χ3n) is 1.15. The first-order chi connectivity index (χ1) is 6.03. The van der Waals surface area contributed by atoms with Gasteiger partial charge in [-0.05, 0) is 23.9 Å². The Balaban J connectivity index is 2.94. The van der Waals surface area contributed by atoms with Gasteiger partial charge in [-0.1, -0.05) is 24.4 Å². The van der Waals surface area contributed by atoms with Gasteiger partial charge in [0.05, 0.1) is 0 Å². The molecule has 1 unspecified atom stereocenters. The maximum absolute atomic E-state index is 9.16. The Morgan fingerprint density at radius 2 is 1.92 bits per heavy atom. The molecule has 0 saturated heterocycles. The van der Waals surface area contributed by atoms with E-state index in [9.17, 15) is 0 Å². The van der Waals surface area contributed by atoms with Gasteiger partial charge in [0.2, 0.25) is 0 Å². The van der Waals surface area contributed by atoms with Crippen LogP contribution in [0.3, 0.4) is 0 Å². The van der Waals surface area contributed by atoms with Crippen LogP contribution < -0.4 is 8.81 Å². The summed E-state index contributed by atoms with van der Waals surface area (Å²) in [5.74, 6) is 0.569. The van der Waals surface area contributed by atoms with Crippen molar-refractivity contribution < 1.29 is 13.7 Å². The zero-order valence-corrected chi connectivity index (χ0v) is 9.62. The second-order valence-corrected chi connectivity index (χ2v) is 7.35. The highest BCUT2D eigenvalue weighted by Crippen LogP contribution is 2.49. The van der Waals surface area contributed by atoms with E-state index in [-0.39, 0.29) is 5.75 Å². The van der Waals surface area contributed by atoms with Gasteiger partial charge >= 0.3 is 0 Å². The summed E-state index contributed by atoms with van der Waals surface area (Å²) in [6, 6.07) is 6.57. The van der Waals surface area contributed by atoms with Crippen LogP contribution in [-0.2, 0) is 11.8 Å². The molecule has 72 valence electrons. The molecule has 0 saturated carbocycles. The van der Waals surface area contributed by atoms with Gasteiger partial charge in [-0.15, -0.1) is 0 Å². The van der Waals surface area contributed by atoms with E-state index in [0.29, 0.717) is 5.75 Å². The van der Waals surface area contributed by atoms with Crippen molar-refractivity contribution in [1.82, 2.24) is 0 Å². The quantitative estimate of drug-likeness (QED) is 0.644. The fraction of sp³-hybridized carbons (Fsp3) is 0. The van der Waals surface area contributed by atoms with Gasteiger partial charge in [0.15, 0.2) is 11.5 Å². The van der Waals surface area contributed by atoms with Gasteiger partial charge in [0.25, 0.3) is 5.69 Å². The van der Waals surface area contributed by atoms with Crippen molar-refractivity contribution in [3.8, 4) is 11.5 Å². The molecular weight excluding hydrogens is 251 g/mol. The van der Waals surface area contributed by atoms with Crippen molar-refractivity contribution in [3.05, 3.63) is 24.3 Å². The fourth-order valence-electron chi connectivity index (χ4n) is 0.717. The molecule has 0 amide bonds. The molecule has 0 bridgehead atoms. The van der Waals surface area contributed by atoms with Crippen LogP contribution >= 0.6 is 29.8 Å². The molecular formula is C6H6ClO3PS2. The Morgan fingerprint density at radius 1 is 1.38 bits per heavy atom. The van der Waals surface area contributed by atoms with E-state index in [4.69, 9.17) is 21.3 Å². The molecule has 0 radical (unpaired) electrons. The van der Waals surface area contributed by atoms with E-state index in [0.717, 1.165) is 0 Å². The van der Waals surface area contributed by atoms with E-state index in [1.807, 2.05) is 0 Å². The Bertz CT molecular complexity index is 340. The predicted molar refractivity (Wildman–Crippen MR) is 59.0 cm³/mol. The van der Waals surface area contributed by atoms with Crippen molar-refractivity contribution in [1.29, 1.82) is 0 Å². The molecule has 13 heavy (non-hydrogen) atoms. The molecule has 0 fully saturated rings. The summed E-state index contributed by atoms with van der Waals surface area (Å²) in [4.78, 5) is 9.16. The lowest BCUT2D eigenvalue weighted by molar-refractivity contribution is 0.484. The number of benzene rings is 1. The molecule has 1 N–H and O–H groups in total. The number of thiol groups is 1. The summed E-state index contributed by atoms with van der Waals surface area (Å²) < 4.78 is 9.42. The summed E-state index contributed by atoms with van der Waals surface area (Å²) in [5, 5.41) is 0. The Labute approximate surface area is 91.1 Å². The maximum Gasteiger partial charge on any atom is 0.291 e. The molecule has 0 aliphatic rings. The summed E-state index contributed by atoms with van der Waals surface area (Å²) in [5.41, 5.74) is -3.04. The first-order valence-corrected chi connectivity index (χ1v) is 7.29. The first kappa shape index (κ1) is 11.1. The van der Waals surface area contributed by atoms with Crippen molar-refractivity contribution in [2.45, 2.75) is 0 Å². The lowest BCUT2D eigenvalue weighted by Crippen LogP contribution is -1.87. The lowest BCUT2D eigenvalue weighted by atomic mass is 10.3. The van der Waals surface area contributed by atoms with E-state index >= 15 is 0 Å². The summed E-state index contributed by atoms with van der Waals surface area (Å²) >= 11 is 13.4. The Morgan fingerprint density at radius 3 is 2.38 bits per heavy atom. The highest BCUT2D eigenvalue weighted by molar-refractivity contribution is 8.59. The topological polar surface area (TPSA) is 38.7 Å². The number of halogens is 1. The van der Waals surface area contributed by atoms with Crippen molar-refractivity contribution in [3.63, 3.8) is 0 Å². The minimum Gasteiger partial charge on any atom is -0.432 e. The number of hydrogen-bond acceptors (Lipinski definition) is 3. The second-order valence-electron chi connectivity index (χ2n) is 2.11. The van der Waals surface area contributed by atoms with Gasteiger partial charge in [-0.3, -0.25) is 0 Å². The molecule has 3 nitrogen and oxygen atoms in total. The minimum absolute atomic E-state index is 0.276. The third-order valence-corrected chi connectivity index (χ3v) is 2.22. The Hall–Kier alpha value is 0.0700. The summed E-state index contributed by atoms with van der Waals surface area (Å²) in [6.45, 7) is 0. The van der Waals surface area contributed by atoms with Crippen LogP contribution in [0.2, 0.25) is 0 Å². The van der Waals surface area contributed by atoms with Crippen LogP contribution in [0.5, 0.6) is 11.5 Å². The van der Waals surface area contributed by atoms with E-state index in [1.165, 1.54) is 0 Å². The van der Waals surface area contributed by atoms with E-state index < -0.39 is 5.69 Å². The van der Waals surface area contributed by atoms with Gasteiger partial charge in [-0.25, -0.2) is 0 Å². The van der Waals surface area contributed by atoms with Crippen molar-refractivity contribution in [2.75, 3.05) is 0 Å². The zero-order chi connectivity index (χ0) is 9.90. The van der Waals surface area contributed by atoms with E-state index in [2.05, 4.69) is 28.3 Å². The average molecular weight is 257 g/mol. The Kier molecular flexibility index (Phi) is 3.88. The van der Waals surface area contributed by atoms with Crippen LogP contribution in [0.25, 0.3) is 0 Å². The summed E-state index contributed by atoms with van der Waals surface area (Å²) in [6.07, 6.45) is 0. The number of rotatable bonds is 3. The molecule has 0 heterocycles. The second kappa shape index (κ2) is 4.53. The van der Waals surface area contributed by atoms with E-state index in [1.54, 1.807) is 24.3 Å². The standard InChI is InChI=1S/C6H6ClO3PS2/c7-9-5-3-1-2-4-6(5)10-11(8,12)13/h1-4H,(H2,8,12,13). The van der Waals surface area contributed by atoms with Crippen molar-refractivity contribution in [2.24, 2.45) is 0 Å². The van der Waals surface area contributed by atoms with Crippen LogP contribution in [0, 0.1) is 0 Å². The molecule has 1 aromatic rings. The van der Waals surface area contributed by atoms with Gasteiger partial charge in [0, 0.05) is 0 Å². The normalized spacial score (nSPS) is 14.7. The number of para-hydroxylation sites is 2. The molecule has 0 aromatic heterocycles. The van der Waals surface area contributed by atoms with Crippen LogP contribution in [-0.4, -0.2) is 4.89 Å². The molecule has 0 aliphatic heterocycles. The first-order valence-electron chi connectivity index (χ1n) is 3.16. The van der Waals surface area contributed by atoms with Crippen LogP contribution in [0.1, 0.15) is 0 Å². The van der Waals surface area contributed by atoms with Crippen molar-refractivity contribution >= 4 is 41.6 Å². The van der Waals surface area contributed by atoms with Crippen LogP contribution in [0.4, 0.5) is 0 Å². The third kappa shape index (κ3) is 3.75. The largest absolute Gasteiger partial charge is 0.432 e. The molecule has 1 atom stereocenters. The van der Waals surface area contributed by atoms with Gasteiger partial charge in [0.1, 0.15) is 11.9 Å². The summed E-state index contributed by atoms with van der Waals surface area (Å²) in [7, 11) is 0. The highest BCUT2D eigenvalue weighted by Gasteiger charge is 2.12. The molecule has 0 spiro atoms. The molecule has 0 aliphatic carbocycles. The molecule has 1 rings (SSSR count). The highest BCUT2D eigenvalue weighted by atomic mass is 35.5. The fourth-order valence-corrected chi connectivity index (χ4v) is 1.76. The zero-order valence-electron chi connectivity index (χ0n) is 6.25. The smallest absolute Gasteiger partial charge is 0.291 e.